The number of nitrogens with one attached hydrogen (secondary N) is 1. The Balaban J connectivity index is 1.84. The van der Waals surface area contributed by atoms with Crippen LogP contribution < -0.4 is 10.1 Å². The molecular weight excluding hydrogens is 271 g/mol. The molecule has 1 N–H and O–H groups in total. The van der Waals surface area contributed by atoms with Crippen molar-refractivity contribution in [1.82, 2.24) is 10.2 Å². The molecule has 1 aromatic rings. The molecule has 0 spiro atoms. The van der Waals surface area contributed by atoms with E-state index < -0.39 is 5.82 Å². The van der Waals surface area contributed by atoms with Gasteiger partial charge in [-0.3, -0.25) is 4.79 Å². The van der Waals surface area contributed by atoms with Crippen LogP contribution >= 0.6 is 0 Å². The maximum Gasteiger partial charge on any atom is 0.260 e. The highest BCUT2D eigenvalue weighted by Gasteiger charge is 2.18. The van der Waals surface area contributed by atoms with E-state index in [-0.39, 0.29) is 18.3 Å². The molecule has 0 radical (unpaired) electrons. The van der Waals surface area contributed by atoms with Gasteiger partial charge in [0, 0.05) is 19.6 Å². The summed E-state index contributed by atoms with van der Waals surface area (Å²) in [7, 11) is 0. The molecule has 0 aromatic heterocycles. The number of nitrogens with zero attached hydrogens (tertiary/aromatic N) is 1. The second-order valence-electron chi connectivity index (χ2n) is 5.32. The molecule has 21 heavy (non-hydrogen) atoms. The summed E-state index contributed by atoms with van der Waals surface area (Å²) in [5, 5.41) is 3.22. The SMILES string of the molecule is CCCNCc1ccc(OCC(=O)N2CCCC2)c(F)c1. The fourth-order valence-corrected chi connectivity index (χ4v) is 2.38. The molecular formula is C16H23FN2O2. The molecule has 4 nitrogen and oxygen atoms in total. The minimum absolute atomic E-state index is 0.0689. The number of ether oxygens (including phenoxy) is 1. The van der Waals surface area contributed by atoms with E-state index in [1.54, 1.807) is 11.0 Å². The Hall–Kier alpha value is -1.62. The Kier molecular flexibility index (Phi) is 5.99. The number of rotatable bonds is 7. The molecule has 1 aromatic carbocycles. The molecule has 1 amide bonds. The van der Waals surface area contributed by atoms with E-state index in [1.165, 1.54) is 6.07 Å². The van der Waals surface area contributed by atoms with Crippen molar-refractivity contribution in [1.29, 1.82) is 0 Å². The average molecular weight is 294 g/mol. The van der Waals surface area contributed by atoms with Crippen LogP contribution in [0.1, 0.15) is 31.7 Å². The van der Waals surface area contributed by atoms with Crippen LogP contribution in [0.3, 0.4) is 0 Å². The van der Waals surface area contributed by atoms with Gasteiger partial charge in [-0.15, -0.1) is 0 Å². The summed E-state index contributed by atoms with van der Waals surface area (Å²) in [6.45, 7) is 5.10. The topological polar surface area (TPSA) is 41.6 Å². The van der Waals surface area contributed by atoms with Gasteiger partial charge in [0.05, 0.1) is 0 Å². The Labute approximate surface area is 125 Å². The number of halogens is 1. The van der Waals surface area contributed by atoms with Crippen molar-refractivity contribution in [2.45, 2.75) is 32.7 Å². The van der Waals surface area contributed by atoms with Gasteiger partial charge in [0.15, 0.2) is 18.2 Å². The molecule has 1 fully saturated rings. The monoisotopic (exact) mass is 294 g/mol. The van der Waals surface area contributed by atoms with Gasteiger partial charge in [-0.25, -0.2) is 4.39 Å². The maximum atomic E-state index is 13.9. The largest absolute Gasteiger partial charge is 0.481 e. The van der Waals surface area contributed by atoms with E-state index in [0.717, 1.165) is 44.5 Å². The Morgan fingerprint density at radius 2 is 2.14 bits per heavy atom. The van der Waals surface area contributed by atoms with Crippen LogP contribution in [-0.2, 0) is 11.3 Å². The fraction of sp³-hybridized carbons (Fsp3) is 0.562. The molecule has 1 saturated heterocycles. The highest BCUT2D eigenvalue weighted by Crippen LogP contribution is 2.19. The Bertz CT molecular complexity index is 473. The fourth-order valence-electron chi connectivity index (χ4n) is 2.38. The van der Waals surface area contributed by atoms with E-state index in [4.69, 9.17) is 4.74 Å². The first kappa shape index (κ1) is 15.8. The highest BCUT2D eigenvalue weighted by molar-refractivity contribution is 5.78. The number of benzene rings is 1. The van der Waals surface area contributed by atoms with Crippen molar-refractivity contribution < 1.29 is 13.9 Å². The third-order valence-electron chi connectivity index (χ3n) is 3.56. The molecule has 0 unspecified atom stereocenters. The van der Waals surface area contributed by atoms with Crippen molar-refractivity contribution in [3.8, 4) is 5.75 Å². The Morgan fingerprint density at radius 1 is 1.38 bits per heavy atom. The van der Waals surface area contributed by atoms with Gasteiger partial charge in [0.25, 0.3) is 5.91 Å². The third-order valence-corrected chi connectivity index (χ3v) is 3.56. The summed E-state index contributed by atoms with van der Waals surface area (Å²) in [5.41, 5.74) is 0.874. The molecule has 1 heterocycles. The van der Waals surface area contributed by atoms with Crippen LogP contribution in [0.5, 0.6) is 5.75 Å². The number of carbonyl (C=O) groups excluding carboxylic acids is 1. The zero-order chi connectivity index (χ0) is 15.1. The molecule has 0 atom stereocenters. The molecule has 1 aliphatic heterocycles. The van der Waals surface area contributed by atoms with Crippen molar-refractivity contribution in [3.05, 3.63) is 29.6 Å². The summed E-state index contributed by atoms with van der Waals surface area (Å²) in [5.74, 6) is -0.345. The summed E-state index contributed by atoms with van der Waals surface area (Å²) >= 11 is 0. The standard InChI is InChI=1S/C16H23FN2O2/c1-2-7-18-11-13-5-6-15(14(17)10-13)21-12-16(20)19-8-3-4-9-19/h5-6,10,18H,2-4,7-9,11-12H2,1H3. The molecule has 1 aliphatic rings. The lowest BCUT2D eigenvalue weighted by Gasteiger charge is -2.16. The molecule has 2 rings (SSSR count). The minimum atomic E-state index is -0.417. The van der Waals surface area contributed by atoms with Crippen molar-refractivity contribution in [2.24, 2.45) is 0 Å². The lowest BCUT2D eigenvalue weighted by atomic mass is 10.2. The van der Waals surface area contributed by atoms with Gasteiger partial charge in [0.1, 0.15) is 0 Å². The van der Waals surface area contributed by atoms with Crippen molar-refractivity contribution in [2.75, 3.05) is 26.2 Å². The number of amides is 1. The number of carbonyl (C=O) groups is 1. The first-order valence-electron chi connectivity index (χ1n) is 7.60. The van der Waals surface area contributed by atoms with E-state index in [2.05, 4.69) is 12.2 Å². The van der Waals surface area contributed by atoms with Crippen molar-refractivity contribution in [3.63, 3.8) is 0 Å². The van der Waals surface area contributed by atoms with Gasteiger partial charge in [0.2, 0.25) is 0 Å². The smallest absolute Gasteiger partial charge is 0.260 e. The second-order valence-corrected chi connectivity index (χ2v) is 5.32. The molecule has 0 bridgehead atoms. The van der Waals surface area contributed by atoms with E-state index in [9.17, 15) is 9.18 Å². The van der Waals surface area contributed by atoms with Crippen LogP contribution in [0.15, 0.2) is 18.2 Å². The normalized spacial score (nSPS) is 14.5. The van der Waals surface area contributed by atoms with Crippen molar-refractivity contribution >= 4 is 5.91 Å². The van der Waals surface area contributed by atoms with Crippen LogP contribution in [0.2, 0.25) is 0 Å². The second kappa shape index (κ2) is 7.98. The molecule has 116 valence electrons. The quantitative estimate of drug-likeness (QED) is 0.785. The predicted molar refractivity (Wildman–Crippen MR) is 79.7 cm³/mol. The summed E-state index contributed by atoms with van der Waals surface area (Å²) < 4.78 is 19.2. The van der Waals surface area contributed by atoms with E-state index in [1.807, 2.05) is 6.07 Å². The van der Waals surface area contributed by atoms with Crippen LogP contribution in [0, 0.1) is 5.82 Å². The zero-order valence-electron chi connectivity index (χ0n) is 12.5. The van der Waals surface area contributed by atoms with Gasteiger partial charge >= 0.3 is 0 Å². The van der Waals surface area contributed by atoms with Gasteiger partial charge in [-0.05, 0) is 43.5 Å². The Morgan fingerprint density at radius 3 is 2.81 bits per heavy atom. The number of hydrogen-bond acceptors (Lipinski definition) is 3. The molecule has 0 saturated carbocycles. The maximum absolute atomic E-state index is 13.9. The molecule has 0 aliphatic carbocycles. The summed E-state index contributed by atoms with van der Waals surface area (Å²) in [6.07, 6.45) is 3.13. The zero-order valence-corrected chi connectivity index (χ0v) is 12.5. The third kappa shape index (κ3) is 4.70. The van der Waals surface area contributed by atoms with Gasteiger partial charge in [-0.1, -0.05) is 13.0 Å². The van der Waals surface area contributed by atoms with E-state index >= 15 is 0 Å². The first-order valence-corrected chi connectivity index (χ1v) is 7.60. The lowest BCUT2D eigenvalue weighted by Crippen LogP contribution is -2.32. The minimum Gasteiger partial charge on any atom is -0.481 e. The van der Waals surface area contributed by atoms with Crippen LogP contribution in [0.25, 0.3) is 0 Å². The average Bonchev–Trinajstić information content (AvgIpc) is 3.00. The van der Waals surface area contributed by atoms with Crippen LogP contribution in [0.4, 0.5) is 4.39 Å². The summed E-state index contributed by atoms with van der Waals surface area (Å²) in [4.78, 5) is 13.6. The highest BCUT2D eigenvalue weighted by atomic mass is 19.1. The van der Waals surface area contributed by atoms with Gasteiger partial charge < -0.3 is 15.0 Å². The lowest BCUT2D eigenvalue weighted by molar-refractivity contribution is -0.132. The molecule has 5 heteroatoms. The number of hydrogen-bond donors (Lipinski definition) is 1. The first-order chi connectivity index (χ1) is 10.2. The van der Waals surface area contributed by atoms with E-state index in [0.29, 0.717) is 6.54 Å². The van der Waals surface area contributed by atoms with Crippen LogP contribution in [-0.4, -0.2) is 37.0 Å². The van der Waals surface area contributed by atoms with Gasteiger partial charge in [-0.2, -0.15) is 0 Å². The summed E-state index contributed by atoms with van der Waals surface area (Å²) in [6, 6.07) is 4.87. The number of likely N-dealkylation sites (tertiary alicyclic amines) is 1. The predicted octanol–water partition coefficient (Wildman–Crippen LogP) is 2.33.